The highest BCUT2D eigenvalue weighted by atomic mass is 79.9. The molecular formula is C15H16BrClO3. The molecule has 0 saturated carbocycles. The van der Waals surface area contributed by atoms with E-state index in [2.05, 4.69) is 15.9 Å². The van der Waals surface area contributed by atoms with Crippen LogP contribution in [0.3, 0.4) is 0 Å². The molecule has 1 aromatic rings. The predicted octanol–water partition coefficient (Wildman–Crippen LogP) is 3.87. The van der Waals surface area contributed by atoms with E-state index in [1.165, 1.54) is 0 Å². The number of ether oxygens (including phenoxy) is 2. The molecule has 0 radical (unpaired) electrons. The van der Waals surface area contributed by atoms with Gasteiger partial charge in [-0.25, -0.2) is 0 Å². The molecule has 2 atom stereocenters. The second kappa shape index (κ2) is 5.76. The fourth-order valence-corrected chi connectivity index (χ4v) is 3.64. The van der Waals surface area contributed by atoms with E-state index in [-0.39, 0.29) is 17.3 Å². The molecule has 0 bridgehead atoms. The molecule has 2 aliphatic heterocycles. The van der Waals surface area contributed by atoms with Gasteiger partial charge in [0.25, 0.3) is 0 Å². The Morgan fingerprint density at radius 2 is 2.25 bits per heavy atom. The number of halogens is 2. The zero-order valence-corrected chi connectivity index (χ0v) is 13.4. The third-order valence-corrected chi connectivity index (χ3v) is 5.05. The van der Waals surface area contributed by atoms with Gasteiger partial charge in [0, 0.05) is 40.6 Å². The summed E-state index contributed by atoms with van der Waals surface area (Å²) >= 11 is 9.44. The van der Waals surface area contributed by atoms with Gasteiger partial charge in [-0.15, -0.1) is 0 Å². The minimum Gasteiger partial charge on any atom is -0.378 e. The molecule has 0 aliphatic carbocycles. The molecule has 5 heteroatoms. The van der Waals surface area contributed by atoms with E-state index in [1.807, 2.05) is 6.07 Å². The van der Waals surface area contributed by atoms with Crippen LogP contribution in [0.15, 0.2) is 22.7 Å². The molecule has 2 saturated heterocycles. The van der Waals surface area contributed by atoms with E-state index in [0.29, 0.717) is 23.8 Å². The van der Waals surface area contributed by atoms with Crippen molar-refractivity contribution in [1.82, 2.24) is 0 Å². The van der Waals surface area contributed by atoms with Gasteiger partial charge in [0.2, 0.25) is 0 Å². The van der Waals surface area contributed by atoms with Gasteiger partial charge in [0.15, 0.2) is 5.78 Å². The summed E-state index contributed by atoms with van der Waals surface area (Å²) in [5.74, 6) is 0.133. The third kappa shape index (κ3) is 2.80. The van der Waals surface area contributed by atoms with Crippen LogP contribution in [0, 0.1) is 5.92 Å². The van der Waals surface area contributed by atoms with Crippen LogP contribution < -0.4 is 0 Å². The second-order valence-corrected chi connectivity index (χ2v) is 6.80. The number of carbonyl (C=O) groups excluding carboxylic acids is 1. The average molecular weight is 360 g/mol. The first-order chi connectivity index (χ1) is 9.60. The summed E-state index contributed by atoms with van der Waals surface area (Å²) in [4.78, 5) is 12.7. The lowest BCUT2D eigenvalue weighted by Gasteiger charge is -2.36. The second-order valence-electron chi connectivity index (χ2n) is 5.51. The summed E-state index contributed by atoms with van der Waals surface area (Å²) in [5.41, 5.74) is 0.419. The lowest BCUT2D eigenvalue weighted by molar-refractivity contribution is -0.0920. The van der Waals surface area contributed by atoms with E-state index in [0.717, 1.165) is 30.3 Å². The van der Waals surface area contributed by atoms with Crippen LogP contribution in [0.25, 0.3) is 0 Å². The lowest BCUT2D eigenvalue weighted by Crippen LogP contribution is -2.42. The highest BCUT2D eigenvalue weighted by molar-refractivity contribution is 9.10. The molecular weight excluding hydrogens is 344 g/mol. The van der Waals surface area contributed by atoms with Crippen molar-refractivity contribution >= 4 is 33.3 Å². The Morgan fingerprint density at radius 1 is 1.40 bits per heavy atom. The number of hydrogen-bond donors (Lipinski definition) is 0. The maximum absolute atomic E-state index is 12.7. The number of hydrogen-bond acceptors (Lipinski definition) is 3. The summed E-state index contributed by atoms with van der Waals surface area (Å²) < 4.78 is 12.1. The Morgan fingerprint density at radius 3 is 3.00 bits per heavy atom. The normalized spacial score (nSPS) is 29.8. The highest BCUT2D eigenvalue weighted by Crippen LogP contribution is 2.38. The minimum atomic E-state index is -0.246. The number of carbonyl (C=O) groups is 1. The molecule has 2 aliphatic rings. The number of benzene rings is 1. The first-order valence-corrected chi connectivity index (χ1v) is 7.98. The van der Waals surface area contributed by atoms with Crippen LogP contribution in [0.4, 0.5) is 0 Å². The summed E-state index contributed by atoms with van der Waals surface area (Å²) in [7, 11) is 0. The standard InChI is InChI=1S/C15H16BrClO3/c16-13-2-1-11(17)7-12(13)14(18)10-3-5-20-15(8-10)4-6-19-9-15/h1-2,7,10H,3-6,8-9H2. The molecule has 2 unspecified atom stereocenters. The summed E-state index contributed by atoms with van der Waals surface area (Å²) in [6, 6.07) is 5.34. The molecule has 2 fully saturated rings. The summed E-state index contributed by atoms with van der Waals surface area (Å²) in [5, 5.41) is 0.586. The molecule has 1 spiro atoms. The molecule has 0 amide bonds. The van der Waals surface area contributed by atoms with Crippen molar-refractivity contribution in [3.8, 4) is 0 Å². The summed E-state index contributed by atoms with van der Waals surface area (Å²) in [6.45, 7) is 1.95. The van der Waals surface area contributed by atoms with Crippen molar-refractivity contribution in [2.24, 2.45) is 5.92 Å². The van der Waals surface area contributed by atoms with Gasteiger partial charge in [0.05, 0.1) is 12.2 Å². The van der Waals surface area contributed by atoms with Crippen LogP contribution in [0.2, 0.25) is 5.02 Å². The van der Waals surface area contributed by atoms with Gasteiger partial charge in [-0.2, -0.15) is 0 Å². The van der Waals surface area contributed by atoms with Crippen molar-refractivity contribution < 1.29 is 14.3 Å². The monoisotopic (exact) mass is 358 g/mol. The quantitative estimate of drug-likeness (QED) is 0.752. The fourth-order valence-electron chi connectivity index (χ4n) is 3.02. The fraction of sp³-hybridized carbons (Fsp3) is 0.533. The molecule has 108 valence electrons. The lowest BCUT2D eigenvalue weighted by atomic mass is 9.81. The van der Waals surface area contributed by atoms with Crippen LogP contribution in [0.5, 0.6) is 0 Å². The van der Waals surface area contributed by atoms with Gasteiger partial charge < -0.3 is 9.47 Å². The number of Topliss-reactive ketones (excluding diaryl/α,β-unsaturated/α-hetero) is 1. The topological polar surface area (TPSA) is 35.5 Å². The van der Waals surface area contributed by atoms with Crippen LogP contribution in [0.1, 0.15) is 29.6 Å². The Kier molecular flexibility index (Phi) is 4.18. The molecule has 1 aromatic carbocycles. The number of rotatable bonds is 2. The molecule has 3 rings (SSSR count). The first-order valence-electron chi connectivity index (χ1n) is 6.81. The van der Waals surface area contributed by atoms with E-state index < -0.39 is 0 Å². The van der Waals surface area contributed by atoms with Gasteiger partial charge in [0.1, 0.15) is 0 Å². The van der Waals surface area contributed by atoms with E-state index >= 15 is 0 Å². The van der Waals surface area contributed by atoms with Crippen LogP contribution in [-0.4, -0.2) is 31.2 Å². The van der Waals surface area contributed by atoms with Gasteiger partial charge >= 0.3 is 0 Å². The molecule has 0 aromatic heterocycles. The van der Waals surface area contributed by atoms with E-state index in [1.54, 1.807) is 12.1 Å². The third-order valence-electron chi connectivity index (χ3n) is 4.12. The maximum atomic E-state index is 12.7. The predicted molar refractivity (Wildman–Crippen MR) is 80.3 cm³/mol. The Labute approximate surface area is 131 Å². The van der Waals surface area contributed by atoms with Gasteiger partial charge in [-0.3, -0.25) is 4.79 Å². The minimum absolute atomic E-state index is 0.0137. The molecule has 3 nitrogen and oxygen atoms in total. The molecule has 2 heterocycles. The van der Waals surface area contributed by atoms with Gasteiger partial charge in [-0.1, -0.05) is 27.5 Å². The smallest absolute Gasteiger partial charge is 0.167 e. The zero-order chi connectivity index (χ0) is 14.2. The average Bonchev–Trinajstić information content (AvgIpc) is 2.88. The van der Waals surface area contributed by atoms with Crippen molar-refractivity contribution in [2.75, 3.05) is 19.8 Å². The van der Waals surface area contributed by atoms with Crippen LogP contribution in [-0.2, 0) is 9.47 Å². The van der Waals surface area contributed by atoms with E-state index in [4.69, 9.17) is 21.1 Å². The SMILES string of the molecule is O=C(c1cc(Cl)ccc1Br)C1CCOC2(CCOC2)C1. The van der Waals surface area contributed by atoms with Crippen molar-refractivity contribution in [2.45, 2.75) is 24.9 Å². The van der Waals surface area contributed by atoms with Crippen molar-refractivity contribution in [1.29, 1.82) is 0 Å². The van der Waals surface area contributed by atoms with E-state index in [9.17, 15) is 4.79 Å². The Balaban J connectivity index is 1.81. The van der Waals surface area contributed by atoms with Crippen molar-refractivity contribution in [3.05, 3.63) is 33.3 Å². The van der Waals surface area contributed by atoms with Crippen molar-refractivity contribution in [3.63, 3.8) is 0 Å². The Hall–Kier alpha value is -0.420. The maximum Gasteiger partial charge on any atom is 0.167 e. The molecule has 0 N–H and O–H groups in total. The number of ketones is 1. The highest BCUT2D eigenvalue weighted by Gasteiger charge is 2.43. The van der Waals surface area contributed by atoms with Crippen LogP contribution >= 0.6 is 27.5 Å². The largest absolute Gasteiger partial charge is 0.378 e. The zero-order valence-electron chi connectivity index (χ0n) is 11.0. The van der Waals surface area contributed by atoms with Gasteiger partial charge in [-0.05, 0) is 31.0 Å². The first kappa shape index (κ1) is 14.5. The molecule has 20 heavy (non-hydrogen) atoms. The Bertz CT molecular complexity index is 526. The summed E-state index contributed by atoms with van der Waals surface area (Å²) in [6.07, 6.45) is 2.39.